The van der Waals surface area contributed by atoms with Crippen LogP contribution in [0.5, 0.6) is 0 Å². The SMILES string of the molecule is C=C/C=C(/C1=CCC=C1)c1nc(-c2n[nH]/c(=C/C=C(\C)c3cncc(CCCN4CCCC4)c3)c2=C)[nH]c1C. The number of aromatic amines is 2. The molecule has 1 fully saturated rings. The van der Waals surface area contributed by atoms with E-state index in [2.05, 4.69) is 75.5 Å². The van der Waals surface area contributed by atoms with Gasteiger partial charge in [0.1, 0.15) is 5.69 Å². The van der Waals surface area contributed by atoms with E-state index in [1.54, 1.807) is 6.08 Å². The molecule has 0 spiro atoms. The lowest BCUT2D eigenvalue weighted by molar-refractivity contribution is 0.334. The van der Waals surface area contributed by atoms with E-state index in [-0.39, 0.29) is 0 Å². The summed E-state index contributed by atoms with van der Waals surface area (Å²) in [5.41, 5.74) is 8.39. The highest BCUT2D eigenvalue weighted by Crippen LogP contribution is 2.29. The summed E-state index contributed by atoms with van der Waals surface area (Å²) in [4.78, 5) is 15.4. The molecule has 0 atom stereocenters. The fourth-order valence-corrected chi connectivity index (χ4v) is 5.29. The molecule has 6 nitrogen and oxygen atoms in total. The van der Waals surface area contributed by atoms with Gasteiger partial charge in [-0.15, -0.1) is 0 Å². The van der Waals surface area contributed by atoms with Gasteiger partial charge < -0.3 is 9.88 Å². The number of hydrogen-bond acceptors (Lipinski definition) is 4. The number of H-pyrrole nitrogens is 2. The van der Waals surface area contributed by atoms with Gasteiger partial charge in [-0.25, -0.2) is 4.98 Å². The van der Waals surface area contributed by atoms with Gasteiger partial charge in [0.15, 0.2) is 5.82 Å². The highest BCUT2D eigenvalue weighted by Gasteiger charge is 2.17. The van der Waals surface area contributed by atoms with Crippen LogP contribution in [0.3, 0.4) is 0 Å². The van der Waals surface area contributed by atoms with Crippen molar-refractivity contribution in [3.8, 4) is 11.5 Å². The van der Waals surface area contributed by atoms with Crippen LogP contribution in [-0.2, 0) is 6.42 Å². The molecule has 2 aliphatic rings. The summed E-state index contributed by atoms with van der Waals surface area (Å²) >= 11 is 0. The molecular formula is C33H38N6. The molecule has 0 unspecified atom stereocenters. The van der Waals surface area contributed by atoms with E-state index in [0.717, 1.165) is 62.8 Å². The van der Waals surface area contributed by atoms with Gasteiger partial charge in [-0.3, -0.25) is 10.1 Å². The second kappa shape index (κ2) is 12.2. The second-order valence-corrected chi connectivity index (χ2v) is 10.4. The number of rotatable bonds is 10. The average Bonchev–Trinajstić information content (AvgIpc) is 3.75. The number of hydrogen-bond donors (Lipinski definition) is 2. The number of allylic oxidation sites excluding steroid dienone is 9. The van der Waals surface area contributed by atoms with Crippen molar-refractivity contribution in [3.05, 3.63) is 100 Å². The average molecular weight is 519 g/mol. The van der Waals surface area contributed by atoms with Crippen LogP contribution in [0.4, 0.5) is 0 Å². The molecule has 200 valence electrons. The maximum Gasteiger partial charge on any atom is 0.159 e. The summed E-state index contributed by atoms with van der Waals surface area (Å²) in [5, 5.41) is 9.35. The van der Waals surface area contributed by atoms with Gasteiger partial charge in [0.2, 0.25) is 0 Å². The van der Waals surface area contributed by atoms with Crippen molar-refractivity contribution in [2.75, 3.05) is 19.6 Å². The van der Waals surface area contributed by atoms with E-state index in [4.69, 9.17) is 4.98 Å². The normalized spacial score (nSPS) is 16.9. The predicted molar refractivity (Wildman–Crippen MR) is 162 cm³/mol. The Labute approximate surface area is 231 Å². The smallest absolute Gasteiger partial charge is 0.159 e. The van der Waals surface area contributed by atoms with E-state index in [0.29, 0.717) is 5.82 Å². The molecule has 4 heterocycles. The van der Waals surface area contributed by atoms with Gasteiger partial charge in [0.05, 0.1) is 11.0 Å². The van der Waals surface area contributed by atoms with Crippen LogP contribution in [0.1, 0.15) is 55.1 Å². The Balaban J connectivity index is 1.33. The maximum absolute atomic E-state index is 4.91. The van der Waals surface area contributed by atoms with E-state index >= 15 is 0 Å². The Morgan fingerprint density at radius 2 is 2.03 bits per heavy atom. The second-order valence-electron chi connectivity index (χ2n) is 10.4. The largest absolute Gasteiger partial charge is 0.340 e. The van der Waals surface area contributed by atoms with Crippen LogP contribution in [-0.4, -0.2) is 49.7 Å². The van der Waals surface area contributed by atoms with Crippen molar-refractivity contribution in [1.82, 2.24) is 30.0 Å². The Morgan fingerprint density at radius 1 is 1.18 bits per heavy atom. The molecule has 0 amide bonds. The highest BCUT2D eigenvalue weighted by atomic mass is 15.1. The number of nitrogens with zero attached hydrogens (tertiary/aromatic N) is 4. The number of aromatic nitrogens is 5. The minimum absolute atomic E-state index is 0.701. The summed E-state index contributed by atoms with van der Waals surface area (Å²) in [7, 11) is 0. The topological polar surface area (TPSA) is 73.5 Å². The third-order valence-electron chi connectivity index (χ3n) is 7.52. The number of imidazole rings is 1. The lowest BCUT2D eigenvalue weighted by atomic mass is 10.0. The third-order valence-corrected chi connectivity index (χ3v) is 7.52. The molecule has 2 N–H and O–H groups in total. The molecule has 3 aromatic rings. The first kappa shape index (κ1) is 26.6. The fraction of sp³-hybridized carbons (Fsp3) is 0.303. The van der Waals surface area contributed by atoms with Gasteiger partial charge in [0, 0.05) is 28.9 Å². The van der Waals surface area contributed by atoms with Crippen molar-refractivity contribution in [3.63, 3.8) is 0 Å². The standard InChI is InChI=1S/C33H38N6/c1-5-11-29(27-13-6-7-14-27)32-25(4)35-33(36-32)31-24(3)30(37-38-31)16-15-23(2)28-20-26(21-34-22-28)12-10-19-39-17-8-9-18-39/h5-6,11,13-16,20-22,37H,1,3,7-10,12,17-19H2,2,4H3,(H,35,36)/b23-15+,29-11-,30-16+. The molecule has 1 saturated heterocycles. The Hall–Kier alpha value is -4.03. The lowest BCUT2D eigenvalue weighted by Crippen LogP contribution is -2.21. The minimum Gasteiger partial charge on any atom is -0.340 e. The molecule has 6 heteroatoms. The molecule has 0 radical (unpaired) electrons. The summed E-state index contributed by atoms with van der Waals surface area (Å²) in [5.74, 6) is 0.701. The van der Waals surface area contributed by atoms with Crippen molar-refractivity contribution in [1.29, 1.82) is 0 Å². The van der Waals surface area contributed by atoms with Gasteiger partial charge in [-0.2, -0.15) is 5.10 Å². The van der Waals surface area contributed by atoms with Crippen molar-refractivity contribution in [2.45, 2.75) is 46.0 Å². The third kappa shape index (κ3) is 6.18. The van der Waals surface area contributed by atoms with Crippen molar-refractivity contribution < 1.29 is 0 Å². The zero-order valence-corrected chi connectivity index (χ0v) is 23.1. The molecule has 1 aliphatic heterocycles. The van der Waals surface area contributed by atoms with Crippen LogP contribution in [0.25, 0.3) is 35.3 Å². The quantitative estimate of drug-likeness (QED) is 0.358. The molecule has 39 heavy (non-hydrogen) atoms. The van der Waals surface area contributed by atoms with Crippen LogP contribution in [0.15, 0.2) is 67.1 Å². The Kier molecular flexibility index (Phi) is 8.33. The highest BCUT2D eigenvalue weighted by molar-refractivity contribution is 5.83. The summed E-state index contributed by atoms with van der Waals surface area (Å²) in [6.45, 7) is 16.0. The Morgan fingerprint density at radius 3 is 2.79 bits per heavy atom. The number of nitrogens with one attached hydrogen (secondary N) is 2. The number of aryl methyl sites for hydroxylation is 2. The summed E-state index contributed by atoms with van der Waals surface area (Å²) in [6.07, 6.45) is 24.2. The Bertz CT molecular complexity index is 1570. The molecule has 0 saturated carbocycles. The zero-order valence-electron chi connectivity index (χ0n) is 23.1. The molecule has 0 aromatic carbocycles. The molecule has 1 aliphatic carbocycles. The van der Waals surface area contributed by atoms with Crippen molar-refractivity contribution in [2.24, 2.45) is 0 Å². The molecule has 0 bridgehead atoms. The van der Waals surface area contributed by atoms with Crippen LogP contribution in [0, 0.1) is 6.92 Å². The molecule has 3 aromatic heterocycles. The van der Waals surface area contributed by atoms with Crippen molar-refractivity contribution >= 4 is 23.8 Å². The van der Waals surface area contributed by atoms with Gasteiger partial charge in [0.25, 0.3) is 0 Å². The van der Waals surface area contributed by atoms with Gasteiger partial charge in [-0.05, 0) is 100 Å². The number of likely N-dealkylation sites (tertiary alicyclic amines) is 1. The van der Waals surface area contributed by atoms with E-state index in [1.165, 1.54) is 44.5 Å². The lowest BCUT2D eigenvalue weighted by Gasteiger charge is -2.14. The van der Waals surface area contributed by atoms with Gasteiger partial charge in [-0.1, -0.05) is 49.6 Å². The molecular weight excluding hydrogens is 480 g/mol. The van der Waals surface area contributed by atoms with Crippen LogP contribution >= 0.6 is 0 Å². The predicted octanol–water partition coefficient (Wildman–Crippen LogP) is 5.28. The monoisotopic (exact) mass is 518 g/mol. The number of pyridine rings is 1. The summed E-state index contributed by atoms with van der Waals surface area (Å²) in [6, 6.07) is 2.26. The van der Waals surface area contributed by atoms with E-state index in [9.17, 15) is 0 Å². The van der Waals surface area contributed by atoms with E-state index < -0.39 is 0 Å². The first-order valence-corrected chi connectivity index (χ1v) is 13.9. The first-order valence-electron chi connectivity index (χ1n) is 13.9. The molecule has 5 rings (SSSR count). The minimum atomic E-state index is 0.701. The fourth-order valence-electron chi connectivity index (χ4n) is 5.29. The van der Waals surface area contributed by atoms with E-state index in [1.807, 2.05) is 31.5 Å². The summed E-state index contributed by atoms with van der Waals surface area (Å²) < 4.78 is 0. The maximum atomic E-state index is 4.91. The first-order chi connectivity index (χ1) is 19.0. The van der Waals surface area contributed by atoms with Crippen LogP contribution < -0.4 is 10.6 Å². The van der Waals surface area contributed by atoms with Crippen LogP contribution in [0.2, 0.25) is 0 Å². The zero-order chi connectivity index (χ0) is 27.2. The van der Waals surface area contributed by atoms with Gasteiger partial charge >= 0.3 is 0 Å².